The van der Waals surface area contributed by atoms with E-state index in [9.17, 15) is 14.7 Å². The van der Waals surface area contributed by atoms with Crippen molar-refractivity contribution in [3.05, 3.63) is 83.7 Å². The molecule has 3 aromatic rings. The van der Waals surface area contributed by atoms with Crippen LogP contribution in [-0.2, 0) is 16.1 Å². The van der Waals surface area contributed by atoms with Crippen LogP contribution in [0.4, 0.5) is 5.69 Å². The van der Waals surface area contributed by atoms with E-state index in [4.69, 9.17) is 4.74 Å². The van der Waals surface area contributed by atoms with E-state index in [0.717, 1.165) is 22.8 Å². The minimum Gasteiger partial charge on any atom is -0.481 e. The van der Waals surface area contributed by atoms with Gasteiger partial charge in [-0.25, -0.2) is 0 Å². The molecule has 2 atom stereocenters. The number of aromatic nitrogens is 2. The molecule has 170 valence electrons. The standard InChI is InChI=1S/C26H27N3O4/c1-17-24(27-25(30)22-13-6-7-14-23(22)26(31)32)18(2)29(28-17)16-19-9-8-12-21(15-19)33-20-10-4-3-5-11-20/h3-12,15,22-23H,13-14,16H2,1-2H3,(H,27,30)(H,31,32)/t22-,23+/m0/s1. The number of rotatable bonds is 7. The Balaban J connectivity index is 1.49. The van der Waals surface area contributed by atoms with Crippen LogP contribution in [0.3, 0.4) is 0 Å². The molecule has 0 unspecified atom stereocenters. The Labute approximate surface area is 192 Å². The molecule has 1 heterocycles. The third-order valence-electron chi connectivity index (χ3n) is 5.93. The second kappa shape index (κ2) is 9.73. The van der Waals surface area contributed by atoms with Crippen LogP contribution in [0.1, 0.15) is 29.8 Å². The van der Waals surface area contributed by atoms with Gasteiger partial charge in [0.2, 0.25) is 5.91 Å². The number of amides is 1. The van der Waals surface area contributed by atoms with Crippen LogP contribution in [0.5, 0.6) is 11.5 Å². The van der Waals surface area contributed by atoms with E-state index in [2.05, 4.69) is 10.4 Å². The van der Waals surface area contributed by atoms with Gasteiger partial charge in [-0.15, -0.1) is 0 Å². The molecule has 0 fully saturated rings. The lowest BCUT2D eigenvalue weighted by molar-refractivity contribution is -0.146. The van der Waals surface area contributed by atoms with E-state index in [1.54, 1.807) is 0 Å². The molecule has 2 N–H and O–H groups in total. The first-order valence-electron chi connectivity index (χ1n) is 11.0. The molecule has 0 aliphatic heterocycles. The Morgan fingerprint density at radius 1 is 1.03 bits per heavy atom. The molecule has 0 saturated carbocycles. The number of para-hydroxylation sites is 1. The molecule has 0 spiro atoms. The van der Waals surface area contributed by atoms with Crippen LogP contribution in [0.25, 0.3) is 0 Å². The maximum absolute atomic E-state index is 12.9. The SMILES string of the molecule is Cc1nn(Cc2cccc(Oc3ccccc3)c2)c(C)c1NC(=O)[C@H]1CC=CC[C@H]1C(=O)O. The summed E-state index contributed by atoms with van der Waals surface area (Å²) in [5.74, 6) is -1.03. The highest BCUT2D eigenvalue weighted by atomic mass is 16.5. The van der Waals surface area contributed by atoms with Crippen LogP contribution in [0, 0.1) is 25.7 Å². The number of hydrogen-bond acceptors (Lipinski definition) is 4. The van der Waals surface area contributed by atoms with Gasteiger partial charge >= 0.3 is 5.97 Å². The number of hydrogen-bond donors (Lipinski definition) is 2. The number of aryl methyl sites for hydroxylation is 1. The van der Waals surface area contributed by atoms with Crippen molar-refractivity contribution in [1.29, 1.82) is 0 Å². The molecule has 0 radical (unpaired) electrons. The number of carboxylic acids is 1. The van der Waals surface area contributed by atoms with Gasteiger partial charge in [-0.3, -0.25) is 14.3 Å². The third-order valence-corrected chi connectivity index (χ3v) is 5.93. The Bertz CT molecular complexity index is 1180. The molecule has 1 aromatic heterocycles. The maximum Gasteiger partial charge on any atom is 0.307 e. The highest BCUT2D eigenvalue weighted by Gasteiger charge is 2.34. The topological polar surface area (TPSA) is 93.5 Å². The van der Waals surface area contributed by atoms with Crippen molar-refractivity contribution in [2.24, 2.45) is 11.8 Å². The number of carbonyl (C=O) groups is 2. The van der Waals surface area contributed by atoms with Gasteiger partial charge in [-0.2, -0.15) is 5.10 Å². The number of aliphatic carboxylic acids is 1. The van der Waals surface area contributed by atoms with Gasteiger partial charge < -0.3 is 15.2 Å². The molecule has 0 saturated heterocycles. The van der Waals surface area contributed by atoms with Gasteiger partial charge in [-0.05, 0) is 56.5 Å². The Morgan fingerprint density at radius 3 is 2.45 bits per heavy atom. The summed E-state index contributed by atoms with van der Waals surface area (Å²) in [5.41, 5.74) is 3.15. The lowest BCUT2D eigenvalue weighted by Gasteiger charge is -2.24. The second-order valence-corrected chi connectivity index (χ2v) is 8.25. The smallest absolute Gasteiger partial charge is 0.307 e. The van der Waals surface area contributed by atoms with Gasteiger partial charge in [0, 0.05) is 0 Å². The first-order chi connectivity index (χ1) is 15.9. The lowest BCUT2D eigenvalue weighted by atomic mass is 9.82. The Hall–Kier alpha value is -3.87. The summed E-state index contributed by atoms with van der Waals surface area (Å²) in [4.78, 5) is 24.5. The first kappa shape index (κ1) is 22.3. The zero-order chi connectivity index (χ0) is 23.4. The van der Waals surface area contributed by atoms with E-state index < -0.39 is 17.8 Å². The molecule has 0 bridgehead atoms. The van der Waals surface area contributed by atoms with Gasteiger partial charge in [-0.1, -0.05) is 42.5 Å². The summed E-state index contributed by atoms with van der Waals surface area (Å²) in [7, 11) is 0. The fourth-order valence-corrected chi connectivity index (χ4v) is 4.13. The van der Waals surface area contributed by atoms with E-state index in [0.29, 0.717) is 30.8 Å². The third kappa shape index (κ3) is 5.14. The van der Waals surface area contributed by atoms with Crippen LogP contribution >= 0.6 is 0 Å². The van der Waals surface area contributed by atoms with E-state index in [1.807, 2.05) is 85.3 Å². The Morgan fingerprint density at radius 2 is 1.73 bits per heavy atom. The number of nitrogens with one attached hydrogen (secondary N) is 1. The molecule has 7 heteroatoms. The number of nitrogens with zero attached hydrogens (tertiary/aromatic N) is 2. The summed E-state index contributed by atoms with van der Waals surface area (Å²) >= 11 is 0. The van der Waals surface area contributed by atoms with E-state index >= 15 is 0 Å². The van der Waals surface area contributed by atoms with Crippen molar-refractivity contribution in [2.45, 2.75) is 33.2 Å². The molecule has 2 aromatic carbocycles. The fourth-order valence-electron chi connectivity index (χ4n) is 4.13. The quantitative estimate of drug-likeness (QED) is 0.502. The normalized spacial score (nSPS) is 17.5. The van der Waals surface area contributed by atoms with Crippen molar-refractivity contribution < 1.29 is 19.4 Å². The number of benzene rings is 2. The molecule has 1 amide bonds. The number of carboxylic acid groups (broad SMARTS) is 1. The molecular weight excluding hydrogens is 418 g/mol. The first-order valence-corrected chi connectivity index (χ1v) is 11.0. The van der Waals surface area contributed by atoms with Crippen LogP contribution < -0.4 is 10.1 Å². The predicted molar refractivity (Wildman–Crippen MR) is 125 cm³/mol. The lowest BCUT2D eigenvalue weighted by Crippen LogP contribution is -2.35. The van der Waals surface area contributed by atoms with Crippen molar-refractivity contribution >= 4 is 17.6 Å². The molecule has 7 nitrogen and oxygen atoms in total. The van der Waals surface area contributed by atoms with Crippen molar-refractivity contribution in [1.82, 2.24) is 9.78 Å². The molecule has 1 aliphatic rings. The van der Waals surface area contributed by atoms with Gasteiger partial charge in [0.15, 0.2) is 0 Å². The summed E-state index contributed by atoms with van der Waals surface area (Å²) in [6.07, 6.45) is 4.49. The maximum atomic E-state index is 12.9. The second-order valence-electron chi connectivity index (χ2n) is 8.25. The zero-order valence-electron chi connectivity index (χ0n) is 18.7. The average Bonchev–Trinajstić information content (AvgIpc) is 3.07. The summed E-state index contributed by atoms with van der Waals surface area (Å²) in [5, 5.41) is 17.0. The molecule has 1 aliphatic carbocycles. The van der Waals surface area contributed by atoms with Crippen LogP contribution in [0.15, 0.2) is 66.7 Å². The van der Waals surface area contributed by atoms with Crippen LogP contribution in [-0.4, -0.2) is 26.8 Å². The number of anilines is 1. The van der Waals surface area contributed by atoms with Gasteiger partial charge in [0.25, 0.3) is 0 Å². The average molecular weight is 446 g/mol. The van der Waals surface area contributed by atoms with Crippen molar-refractivity contribution in [3.63, 3.8) is 0 Å². The monoisotopic (exact) mass is 445 g/mol. The zero-order valence-corrected chi connectivity index (χ0v) is 18.7. The largest absolute Gasteiger partial charge is 0.481 e. The van der Waals surface area contributed by atoms with Gasteiger partial charge in [0.05, 0.1) is 35.5 Å². The minimum absolute atomic E-state index is 0.282. The minimum atomic E-state index is -0.943. The van der Waals surface area contributed by atoms with Crippen molar-refractivity contribution in [2.75, 3.05) is 5.32 Å². The number of ether oxygens (including phenoxy) is 1. The summed E-state index contributed by atoms with van der Waals surface area (Å²) in [6, 6.07) is 17.4. The summed E-state index contributed by atoms with van der Waals surface area (Å²) < 4.78 is 7.76. The molecule has 33 heavy (non-hydrogen) atoms. The summed E-state index contributed by atoms with van der Waals surface area (Å²) in [6.45, 7) is 4.25. The molecule has 4 rings (SSSR count). The fraction of sp³-hybridized carbons (Fsp3) is 0.269. The highest BCUT2D eigenvalue weighted by molar-refractivity contribution is 5.96. The van der Waals surface area contributed by atoms with Crippen molar-refractivity contribution in [3.8, 4) is 11.5 Å². The van der Waals surface area contributed by atoms with E-state index in [1.165, 1.54) is 0 Å². The highest BCUT2D eigenvalue weighted by Crippen LogP contribution is 2.29. The van der Waals surface area contributed by atoms with Gasteiger partial charge in [0.1, 0.15) is 11.5 Å². The van der Waals surface area contributed by atoms with Crippen LogP contribution in [0.2, 0.25) is 0 Å². The molecular formula is C26H27N3O4. The predicted octanol–water partition coefficient (Wildman–Crippen LogP) is 4.95. The van der Waals surface area contributed by atoms with E-state index in [-0.39, 0.29) is 5.91 Å². The Kier molecular flexibility index (Phi) is 6.58. The number of allylic oxidation sites excluding steroid dienone is 2. The number of carbonyl (C=O) groups excluding carboxylic acids is 1.